The molecule has 0 aromatic rings. The van der Waals surface area contributed by atoms with E-state index >= 15 is 0 Å². The van der Waals surface area contributed by atoms with Crippen LogP contribution in [0.2, 0.25) is 0 Å². The molecule has 1 atom stereocenters. The van der Waals surface area contributed by atoms with Crippen LogP contribution >= 0.6 is 0 Å². The summed E-state index contributed by atoms with van der Waals surface area (Å²) < 4.78 is 0. The van der Waals surface area contributed by atoms with E-state index in [1.54, 1.807) is 0 Å². The van der Waals surface area contributed by atoms with Gasteiger partial charge in [-0.05, 0) is 18.8 Å². The average molecular weight is 214 g/mol. The molecule has 0 aromatic carbocycles. The number of aliphatic hydroxyl groups excluding tert-OH is 1. The fraction of sp³-hybridized carbons (Fsp3) is 1.00. The Morgan fingerprint density at radius 1 is 1.20 bits per heavy atom. The van der Waals surface area contributed by atoms with Gasteiger partial charge >= 0.3 is 0 Å². The van der Waals surface area contributed by atoms with Crippen LogP contribution in [0.15, 0.2) is 0 Å². The molecule has 90 valence electrons. The van der Waals surface area contributed by atoms with Crippen molar-refractivity contribution in [2.24, 2.45) is 5.92 Å². The lowest BCUT2D eigenvalue weighted by molar-refractivity contribution is -0.0443. The fourth-order valence-electron chi connectivity index (χ4n) is 2.68. The second kappa shape index (κ2) is 6.49. The van der Waals surface area contributed by atoms with Crippen molar-refractivity contribution < 1.29 is 10.2 Å². The summed E-state index contributed by atoms with van der Waals surface area (Å²) >= 11 is 0. The van der Waals surface area contributed by atoms with Crippen LogP contribution in [0.3, 0.4) is 0 Å². The predicted molar refractivity (Wildman–Crippen MR) is 62.8 cm³/mol. The Morgan fingerprint density at radius 2 is 1.87 bits per heavy atom. The van der Waals surface area contributed by atoms with Gasteiger partial charge in [-0.25, -0.2) is 0 Å². The molecule has 15 heavy (non-hydrogen) atoms. The predicted octanol–water partition coefficient (Wildman–Crippen LogP) is 2.87. The summed E-state index contributed by atoms with van der Waals surface area (Å²) in [5.74, 6) is 0.646. The molecule has 0 bridgehead atoms. The van der Waals surface area contributed by atoms with Gasteiger partial charge in [0, 0.05) is 0 Å². The van der Waals surface area contributed by atoms with Gasteiger partial charge < -0.3 is 10.2 Å². The lowest BCUT2D eigenvalue weighted by Crippen LogP contribution is -2.36. The number of hydrogen-bond donors (Lipinski definition) is 2. The van der Waals surface area contributed by atoms with Crippen molar-refractivity contribution in [3.8, 4) is 0 Å². The summed E-state index contributed by atoms with van der Waals surface area (Å²) in [7, 11) is 0. The molecule has 0 aliphatic heterocycles. The van der Waals surface area contributed by atoms with E-state index in [-0.39, 0.29) is 6.61 Å². The molecular weight excluding hydrogens is 188 g/mol. The van der Waals surface area contributed by atoms with Gasteiger partial charge in [-0.3, -0.25) is 0 Å². The summed E-state index contributed by atoms with van der Waals surface area (Å²) in [4.78, 5) is 0. The molecule has 2 N–H and O–H groups in total. The minimum atomic E-state index is -0.794. The Morgan fingerprint density at radius 3 is 2.40 bits per heavy atom. The van der Waals surface area contributed by atoms with Crippen molar-refractivity contribution in [3.63, 3.8) is 0 Å². The first-order chi connectivity index (χ1) is 7.20. The standard InChI is InChI=1S/C13H26O2/c1-2-3-9-13(15,11-14)10-12-7-5-4-6-8-12/h12,14-15H,2-11H2,1H3. The normalized spacial score (nSPS) is 22.6. The highest BCUT2D eigenvalue weighted by molar-refractivity contribution is 4.82. The molecule has 2 nitrogen and oxygen atoms in total. The van der Waals surface area contributed by atoms with E-state index in [9.17, 15) is 10.2 Å². The van der Waals surface area contributed by atoms with Crippen molar-refractivity contribution in [1.29, 1.82) is 0 Å². The quantitative estimate of drug-likeness (QED) is 0.713. The summed E-state index contributed by atoms with van der Waals surface area (Å²) in [6.07, 6.45) is 10.1. The Labute approximate surface area is 93.7 Å². The van der Waals surface area contributed by atoms with E-state index in [0.717, 1.165) is 25.7 Å². The fourth-order valence-corrected chi connectivity index (χ4v) is 2.68. The molecule has 1 aliphatic carbocycles. The molecule has 0 heterocycles. The average Bonchev–Trinajstić information content (AvgIpc) is 2.28. The zero-order chi connectivity index (χ0) is 11.1. The monoisotopic (exact) mass is 214 g/mol. The van der Waals surface area contributed by atoms with Crippen LogP contribution < -0.4 is 0 Å². The van der Waals surface area contributed by atoms with Crippen molar-refractivity contribution in [2.75, 3.05) is 6.61 Å². The summed E-state index contributed by atoms with van der Waals surface area (Å²) in [5, 5.41) is 19.5. The van der Waals surface area contributed by atoms with Crippen LogP contribution in [0.25, 0.3) is 0 Å². The molecule has 1 aliphatic rings. The number of unbranched alkanes of at least 4 members (excludes halogenated alkanes) is 1. The van der Waals surface area contributed by atoms with E-state index in [1.165, 1.54) is 32.1 Å². The number of aliphatic hydroxyl groups is 2. The van der Waals surface area contributed by atoms with Gasteiger partial charge in [-0.2, -0.15) is 0 Å². The third-order valence-corrected chi connectivity index (χ3v) is 3.68. The van der Waals surface area contributed by atoms with Crippen LogP contribution in [0.4, 0.5) is 0 Å². The van der Waals surface area contributed by atoms with Gasteiger partial charge in [-0.1, -0.05) is 51.9 Å². The molecule has 2 heteroatoms. The molecule has 0 spiro atoms. The zero-order valence-electron chi connectivity index (χ0n) is 10.0. The smallest absolute Gasteiger partial charge is 0.0880 e. The van der Waals surface area contributed by atoms with Crippen LogP contribution in [0, 0.1) is 5.92 Å². The molecule has 0 amide bonds. The Balaban J connectivity index is 2.35. The third kappa shape index (κ3) is 4.52. The topological polar surface area (TPSA) is 40.5 Å². The van der Waals surface area contributed by atoms with E-state index in [0.29, 0.717) is 5.92 Å². The van der Waals surface area contributed by atoms with E-state index < -0.39 is 5.60 Å². The molecule has 0 radical (unpaired) electrons. The van der Waals surface area contributed by atoms with Gasteiger partial charge in [0.1, 0.15) is 0 Å². The maximum Gasteiger partial charge on any atom is 0.0880 e. The van der Waals surface area contributed by atoms with Crippen LogP contribution in [-0.4, -0.2) is 22.4 Å². The molecule has 1 unspecified atom stereocenters. The highest BCUT2D eigenvalue weighted by Gasteiger charge is 2.29. The lowest BCUT2D eigenvalue weighted by atomic mass is 9.79. The van der Waals surface area contributed by atoms with E-state index in [4.69, 9.17) is 0 Å². The maximum atomic E-state index is 10.3. The molecule has 1 rings (SSSR count). The van der Waals surface area contributed by atoms with Crippen LogP contribution in [-0.2, 0) is 0 Å². The maximum absolute atomic E-state index is 10.3. The third-order valence-electron chi connectivity index (χ3n) is 3.68. The Hall–Kier alpha value is -0.0800. The van der Waals surface area contributed by atoms with E-state index in [2.05, 4.69) is 6.92 Å². The SMILES string of the molecule is CCCCC(O)(CO)CC1CCCCC1. The molecule has 0 saturated heterocycles. The zero-order valence-corrected chi connectivity index (χ0v) is 10.0. The van der Waals surface area contributed by atoms with Gasteiger partial charge in [0.2, 0.25) is 0 Å². The van der Waals surface area contributed by atoms with E-state index in [1.807, 2.05) is 0 Å². The van der Waals surface area contributed by atoms with Crippen LogP contribution in [0.1, 0.15) is 64.7 Å². The Bertz CT molecular complexity index is 164. The summed E-state index contributed by atoms with van der Waals surface area (Å²) in [6.45, 7) is 2.06. The number of rotatable bonds is 6. The minimum absolute atomic E-state index is 0.0660. The molecular formula is C13H26O2. The first-order valence-corrected chi connectivity index (χ1v) is 6.53. The van der Waals surface area contributed by atoms with Crippen molar-refractivity contribution in [2.45, 2.75) is 70.3 Å². The van der Waals surface area contributed by atoms with Gasteiger partial charge in [0.05, 0.1) is 12.2 Å². The number of hydrogen-bond acceptors (Lipinski definition) is 2. The highest BCUT2D eigenvalue weighted by Crippen LogP contribution is 2.32. The molecule has 0 aromatic heterocycles. The van der Waals surface area contributed by atoms with Crippen molar-refractivity contribution in [3.05, 3.63) is 0 Å². The Kier molecular flexibility index (Phi) is 5.62. The molecule has 1 saturated carbocycles. The van der Waals surface area contributed by atoms with Gasteiger partial charge in [0.15, 0.2) is 0 Å². The largest absolute Gasteiger partial charge is 0.393 e. The summed E-state index contributed by atoms with van der Waals surface area (Å²) in [6, 6.07) is 0. The highest BCUT2D eigenvalue weighted by atomic mass is 16.3. The molecule has 1 fully saturated rings. The van der Waals surface area contributed by atoms with Crippen LogP contribution in [0.5, 0.6) is 0 Å². The van der Waals surface area contributed by atoms with Crippen molar-refractivity contribution >= 4 is 0 Å². The van der Waals surface area contributed by atoms with Gasteiger partial charge in [0.25, 0.3) is 0 Å². The van der Waals surface area contributed by atoms with Crippen molar-refractivity contribution in [1.82, 2.24) is 0 Å². The summed E-state index contributed by atoms with van der Waals surface area (Å²) in [5.41, 5.74) is -0.794. The minimum Gasteiger partial charge on any atom is -0.393 e. The van der Waals surface area contributed by atoms with Gasteiger partial charge in [-0.15, -0.1) is 0 Å². The first-order valence-electron chi connectivity index (χ1n) is 6.53. The lowest BCUT2D eigenvalue weighted by Gasteiger charge is -2.32. The second-order valence-electron chi connectivity index (χ2n) is 5.19. The second-order valence-corrected chi connectivity index (χ2v) is 5.19. The first kappa shape index (κ1) is 13.0.